The fourth-order valence-corrected chi connectivity index (χ4v) is 3.23. The van der Waals surface area contributed by atoms with Crippen LogP contribution in [0.15, 0.2) is 16.8 Å². The average Bonchev–Trinajstić information content (AvgIpc) is 2.89. The number of thiophene rings is 1. The van der Waals surface area contributed by atoms with E-state index in [-0.39, 0.29) is 0 Å². The van der Waals surface area contributed by atoms with Gasteiger partial charge in [0.25, 0.3) is 0 Å². The summed E-state index contributed by atoms with van der Waals surface area (Å²) in [6, 6.07) is 2.66. The molecule has 0 amide bonds. The highest BCUT2D eigenvalue weighted by molar-refractivity contribution is 7.07. The molecule has 0 saturated heterocycles. The van der Waals surface area contributed by atoms with E-state index >= 15 is 0 Å². The second-order valence-corrected chi connectivity index (χ2v) is 5.37. The number of hydrogen-bond acceptors (Lipinski definition) is 3. The Hall–Kier alpha value is -0.380. The molecule has 0 radical (unpaired) electrons. The summed E-state index contributed by atoms with van der Waals surface area (Å²) in [6.45, 7) is 0. The van der Waals surface area contributed by atoms with Crippen molar-refractivity contribution in [1.29, 1.82) is 0 Å². The van der Waals surface area contributed by atoms with Gasteiger partial charge in [0.05, 0.1) is 0 Å². The van der Waals surface area contributed by atoms with Crippen LogP contribution in [0.1, 0.15) is 37.7 Å². The second kappa shape index (κ2) is 5.64. The van der Waals surface area contributed by atoms with Gasteiger partial charge >= 0.3 is 0 Å². The van der Waals surface area contributed by atoms with Gasteiger partial charge in [-0.3, -0.25) is 11.3 Å². The molecule has 1 heterocycles. The number of hydrazine groups is 1. The molecule has 0 spiro atoms. The summed E-state index contributed by atoms with van der Waals surface area (Å²) in [5.74, 6) is 6.53. The van der Waals surface area contributed by atoms with Crippen LogP contribution in [-0.2, 0) is 6.42 Å². The average molecular weight is 224 g/mol. The van der Waals surface area contributed by atoms with E-state index in [1.807, 2.05) is 0 Å². The van der Waals surface area contributed by atoms with E-state index in [9.17, 15) is 0 Å². The molecule has 1 aromatic rings. The molecule has 3 heteroatoms. The smallest absolute Gasteiger partial charge is 0.0253 e. The molecule has 1 aliphatic rings. The van der Waals surface area contributed by atoms with Crippen LogP contribution in [0.2, 0.25) is 0 Å². The lowest BCUT2D eigenvalue weighted by molar-refractivity contribution is 0.390. The molecular formula is C12H20N2S. The van der Waals surface area contributed by atoms with Crippen molar-refractivity contribution < 1.29 is 0 Å². The Morgan fingerprint density at radius 3 is 2.87 bits per heavy atom. The lowest BCUT2D eigenvalue weighted by Crippen LogP contribution is -2.37. The third-order valence-corrected chi connectivity index (χ3v) is 4.12. The third kappa shape index (κ3) is 3.30. The first-order valence-corrected chi connectivity index (χ1v) is 6.80. The standard InChI is InChI=1S/C12H20N2S/c13-14-12(7-10-3-1-2-4-10)8-11-5-6-15-9-11/h5-6,9-10,12,14H,1-4,7-8,13H2. The van der Waals surface area contributed by atoms with E-state index in [0.717, 1.165) is 12.3 Å². The number of rotatable bonds is 5. The minimum atomic E-state index is 0.461. The van der Waals surface area contributed by atoms with Gasteiger partial charge in [-0.1, -0.05) is 25.7 Å². The zero-order valence-electron chi connectivity index (χ0n) is 9.11. The zero-order valence-corrected chi connectivity index (χ0v) is 9.93. The Balaban J connectivity index is 1.81. The molecule has 0 bridgehead atoms. The van der Waals surface area contributed by atoms with Crippen molar-refractivity contribution in [3.05, 3.63) is 22.4 Å². The van der Waals surface area contributed by atoms with Crippen LogP contribution in [0.5, 0.6) is 0 Å². The van der Waals surface area contributed by atoms with Crippen molar-refractivity contribution >= 4 is 11.3 Å². The van der Waals surface area contributed by atoms with E-state index in [4.69, 9.17) is 5.84 Å². The Kier molecular flexibility index (Phi) is 4.18. The first-order chi connectivity index (χ1) is 7.38. The minimum Gasteiger partial charge on any atom is -0.271 e. The first kappa shape index (κ1) is 11.1. The van der Waals surface area contributed by atoms with Gasteiger partial charge in [-0.15, -0.1) is 0 Å². The van der Waals surface area contributed by atoms with Crippen LogP contribution in [0.25, 0.3) is 0 Å². The summed E-state index contributed by atoms with van der Waals surface area (Å²) in [4.78, 5) is 0. The van der Waals surface area contributed by atoms with E-state index in [0.29, 0.717) is 6.04 Å². The molecule has 1 saturated carbocycles. The van der Waals surface area contributed by atoms with Crippen LogP contribution < -0.4 is 11.3 Å². The van der Waals surface area contributed by atoms with Crippen molar-refractivity contribution in [1.82, 2.24) is 5.43 Å². The Morgan fingerprint density at radius 2 is 2.27 bits per heavy atom. The molecule has 1 aromatic heterocycles. The zero-order chi connectivity index (χ0) is 10.5. The van der Waals surface area contributed by atoms with Gasteiger partial charge in [0.1, 0.15) is 0 Å². The van der Waals surface area contributed by atoms with Gasteiger partial charge in [0.2, 0.25) is 0 Å². The highest BCUT2D eigenvalue weighted by Crippen LogP contribution is 2.29. The minimum absolute atomic E-state index is 0.461. The number of hydrogen-bond donors (Lipinski definition) is 2. The predicted octanol–water partition coefficient (Wildman–Crippen LogP) is 2.70. The van der Waals surface area contributed by atoms with Crippen molar-refractivity contribution in [2.75, 3.05) is 0 Å². The maximum absolute atomic E-state index is 5.62. The van der Waals surface area contributed by atoms with Gasteiger partial charge in [-0.2, -0.15) is 11.3 Å². The summed E-state index contributed by atoms with van der Waals surface area (Å²) in [5, 5.41) is 4.36. The normalized spacial score (nSPS) is 19.5. The molecular weight excluding hydrogens is 204 g/mol. The Labute approximate surface area is 95.8 Å². The fraction of sp³-hybridized carbons (Fsp3) is 0.667. The SMILES string of the molecule is NNC(Cc1ccsc1)CC1CCCC1. The molecule has 0 aliphatic heterocycles. The van der Waals surface area contributed by atoms with Crippen molar-refractivity contribution in [3.8, 4) is 0 Å². The van der Waals surface area contributed by atoms with Gasteiger partial charge in [-0.25, -0.2) is 0 Å². The van der Waals surface area contributed by atoms with Crippen LogP contribution >= 0.6 is 11.3 Å². The van der Waals surface area contributed by atoms with Gasteiger partial charge in [0.15, 0.2) is 0 Å². The molecule has 2 nitrogen and oxygen atoms in total. The van der Waals surface area contributed by atoms with Crippen LogP contribution in [0, 0.1) is 5.92 Å². The van der Waals surface area contributed by atoms with Crippen LogP contribution in [-0.4, -0.2) is 6.04 Å². The van der Waals surface area contributed by atoms with E-state index in [1.165, 1.54) is 37.7 Å². The maximum atomic E-state index is 5.62. The maximum Gasteiger partial charge on any atom is 0.0253 e. The van der Waals surface area contributed by atoms with Crippen molar-refractivity contribution in [3.63, 3.8) is 0 Å². The molecule has 1 atom stereocenters. The lowest BCUT2D eigenvalue weighted by atomic mass is 9.95. The molecule has 1 fully saturated rings. The summed E-state index contributed by atoms with van der Waals surface area (Å²) < 4.78 is 0. The van der Waals surface area contributed by atoms with E-state index < -0.39 is 0 Å². The second-order valence-electron chi connectivity index (χ2n) is 4.59. The lowest BCUT2D eigenvalue weighted by Gasteiger charge is -2.19. The molecule has 1 unspecified atom stereocenters. The summed E-state index contributed by atoms with van der Waals surface area (Å²) in [6.07, 6.45) is 7.97. The predicted molar refractivity (Wildman–Crippen MR) is 65.7 cm³/mol. The van der Waals surface area contributed by atoms with Crippen LogP contribution in [0.4, 0.5) is 0 Å². The molecule has 1 aliphatic carbocycles. The highest BCUT2D eigenvalue weighted by atomic mass is 32.1. The monoisotopic (exact) mass is 224 g/mol. The first-order valence-electron chi connectivity index (χ1n) is 5.85. The third-order valence-electron chi connectivity index (χ3n) is 3.39. The molecule has 84 valence electrons. The molecule has 3 N–H and O–H groups in total. The van der Waals surface area contributed by atoms with Crippen LogP contribution in [0.3, 0.4) is 0 Å². The number of nitrogens with two attached hydrogens (primary N) is 1. The largest absolute Gasteiger partial charge is 0.271 e. The highest BCUT2D eigenvalue weighted by Gasteiger charge is 2.19. The Morgan fingerprint density at radius 1 is 1.47 bits per heavy atom. The Bertz CT molecular complexity index is 265. The molecule has 2 rings (SSSR count). The fourth-order valence-electron chi connectivity index (χ4n) is 2.55. The number of nitrogens with one attached hydrogen (secondary N) is 1. The van der Waals surface area contributed by atoms with Gasteiger partial charge in [0, 0.05) is 6.04 Å². The molecule has 0 aromatic carbocycles. The summed E-state index contributed by atoms with van der Waals surface area (Å²) >= 11 is 1.77. The van der Waals surface area contributed by atoms with Crippen molar-refractivity contribution in [2.24, 2.45) is 11.8 Å². The quantitative estimate of drug-likeness (QED) is 0.596. The summed E-state index contributed by atoms with van der Waals surface area (Å²) in [5.41, 5.74) is 4.39. The van der Waals surface area contributed by atoms with E-state index in [1.54, 1.807) is 11.3 Å². The topological polar surface area (TPSA) is 38.0 Å². The van der Waals surface area contributed by atoms with Crippen molar-refractivity contribution in [2.45, 2.75) is 44.6 Å². The van der Waals surface area contributed by atoms with Gasteiger partial charge < -0.3 is 0 Å². The summed E-state index contributed by atoms with van der Waals surface area (Å²) in [7, 11) is 0. The van der Waals surface area contributed by atoms with E-state index in [2.05, 4.69) is 22.3 Å². The molecule has 15 heavy (non-hydrogen) atoms. The van der Waals surface area contributed by atoms with Gasteiger partial charge in [-0.05, 0) is 41.1 Å².